The predicted octanol–water partition coefficient (Wildman–Crippen LogP) is 5.41. The second-order valence-corrected chi connectivity index (χ2v) is 11.2. The van der Waals surface area contributed by atoms with Gasteiger partial charge in [0.1, 0.15) is 6.04 Å². The molecule has 4 aromatic carbocycles. The van der Waals surface area contributed by atoms with Gasteiger partial charge in [0.25, 0.3) is 10.0 Å². The number of hydrogen-bond donors (Lipinski definition) is 4. The van der Waals surface area contributed by atoms with E-state index in [2.05, 4.69) is 20.7 Å². The molecule has 0 aliphatic rings. The van der Waals surface area contributed by atoms with E-state index in [9.17, 15) is 18.0 Å². The monoisotopic (exact) mass is 556 g/mol. The second kappa shape index (κ2) is 12.9. The first-order chi connectivity index (χ1) is 19.2. The van der Waals surface area contributed by atoms with E-state index >= 15 is 0 Å². The summed E-state index contributed by atoms with van der Waals surface area (Å²) in [5, 5.41) is 8.48. The van der Waals surface area contributed by atoms with Crippen LogP contribution in [0.15, 0.2) is 114 Å². The summed E-state index contributed by atoms with van der Waals surface area (Å²) in [6, 6.07) is 30.2. The Morgan fingerprint density at radius 2 is 1.30 bits per heavy atom. The molecule has 0 saturated carbocycles. The molecule has 0 fully saturated rings. The maximum Gasteiger partial charge on any atom is 0.319 e. The molecule has 8 nitrogen and oxygen atoms in total. The third-order valence-electron chi connectivity index (χ3n) is 6.29. The molecule has 9 heteroatoms. The Morgan fingerprint density at radius 3 is 1.93 bits per heavy atom. The summed E-state index contributed by atoms with van der Waals surface area (Å²) >= 11 is 0. The molecule has 4 rings (SSSR count). The Hall–Kier alpha value is -4.63. The van der Waals surface area contributed by atoms with Gasteiger partial charge in [-0.3, -0.25) is 9.52 Å². The van der Waals surface area contributed by atoms with E-state index in [1.54, 1.807) is 48.5 Å². The molecule has 4 aromatic rings. The van der Waals surface area contributed by atoms with Crippen LogP contribution in [0.4, 0.5) is 16.2 Å². The smallest absolute Gasteiger partial charge is 0.319 e. The van der Waals surface area contributed by atoms with Crippen LogP contribution >= 0.6 is 0 Å². The normalized spacial score (nSPS) is 12.6. The summed E-state index contributed by atoms with van der Waals surface area (Å²) in [5.74, 6) is -0.309. The lowest BCUT2D eigenvalue weighted by Gasteiger charge is -2.22. The molecule has 2 atom stereocenters. The molecule has 0 radical (unpaired) electrons. The lowest BCUT2D eigenvalue weighted by atomic mass is 10.0. The van der Waals surface area contributed by atoms with Crippen molar-refractivity contribution in [3.8, 4) is 0 Å². The van der Waals surface area contributed by atoms with Gasteiger partial charge in [0.15, 0.2) is 0 Å². The number of anilines is 2. The van der Waals surface area contributed by atoms with Crippen molar-refractivity contribution in [3.05, 3.63) is 126 Å². The van der Waals surface area contributed by atoms with Crippen molar-refractivity contribution in [3.63, 3.8) is 0 Å². The number of benzene rings is 4. The van der Waals surface area contributed by atoms with Crippen molar-refractivity contribution < 1.29 is 18.0 Å². The van der Waals surface area contributed by atoms with Gasteiger partial charge in [0, 0.05) is 17.8 Å². The number of aryl methyl sites for hydroxylation is 1. The van der Waals surface area contributed by atoms with Crippen molar-refractivity contribution >= 4 is 33.3 Å². The zero-order valence-electron chi connectivity index (χ0n) is 22.3. The highest BCUT2D eigenvalue weighted by molar-refractivity contribution is 7.92. The van der Waals surface area contributed by atoms with Crippen LogP contribution < -0.4 is 20.7 Å². The van der Waals surface area contributed by atoms with Gasteiger partial charge >= 0.3 is 6.03 Å². The van der Waals surface area contributed by atoms with E-state index in [4.69, 9.17) is 0 Å². The summed E-state index contributed by atoms with van der Waals surface area (Å²) in [5.41, 5.74) is 3.61. The topological polar surface area (TPSA) is 116 Å². The van der Waals surface area contributed by atoms with Gasteiger partial charge in [-0.1, -0.05) is 78.4 Å². The zero-order valence-corrected chi connectivity index (χ0v) is 23.1. The first-order valence-corrected chi connectivity index (χ1v) is 14.3. The SMILES string of the molecule is Cc1ccc(S(=O)(=O)Nc2ccc(NC(=O)N[C@H](Cc3ccccc3)C(=O)N[C@@H](C)c3ccccc3)cc2)cc1. The maximum atomic E-state index is 13.2. The number of rotatable bonds is 10. The molecule has 3 amide bonds. The number of amides is 3. The lowest BCUT2D eigenvalue weighted by Crippen LogP contribution is -2.49. The van der Waals surface area contributed by atoms with Gasteiger partial charge in [-0.2, -0.15) is 0 Å². The fraction of sp³-hybridized carbons (Fsp3) is 0.161. The second-order valence-electron chi connectivity index (χ2n) is 9.48. The van der Waals surface area contributed by atoms with Crippen molar-refractivity contribution in [2.24, 2.45) is 0 Å². The minimum Gasteiger partial charge on any atom is -0.348 e. The molecule has 0 spiro atoms. The standard InChI is InChI=1S/C31H32N4O4S/c1-22-13-19-28(20-14-22)40(38,39)35-27-17-15-26(16-18-27)33-31(37)34-29(21-24-9-5-3-6-10-24)30(36)32-23(2)25-11-7-4-8-12-25/h3-20,23,29,35H,21H2,1-2H3,(H,32,36)(H2,33,34,37)/t23-,29+/m0/s1. The van der Waals surface area contributed by atoms with E-state index in [1.807, 2.05) is 74.5 Å². The number of carbonyl (C=O) groups is 2. The summed E-state index contributed by atoms with van der Waals surface area (Å²) < 4.78 is 27.8. The fourth-order valence-corrected chi connectivity index (χ4v) is 5.14. The molecular formula is C31H32N4O4S. The molecule has 4 N–H and O–H groups in total. The van der Waals surface area contributed by atoms with E-state index in [1.165, 1.54) is 0 Å². The highest BCUT2D eigenvalue weighted by Gasteiger charge is 2.23. The zero-order chi connectivity index (χ0) is 28.5. The van der Waals surface area contributed by atoms with Gasteiger partial charge in [-0.05, 0) is 61.4 Å². The van der Waals surface area contributed by atoms with E-state index < -0.39 is 22.1 Å². The van der Waals surface area contributed by atoms with Gasteiger partial charge in [-0.15, -0.1) is 0 Å². The van der Waals surface area contributed by atoms with Crippen molar-refractivity contribution in [2.75, 3.05) is 10.0 Å². The number of sulfonamides is 1. The molecule has 0 bridgehead atoms. The molecular weight excluding hydrogens is 524 g/mol. The van der Waals surface area contributed by atoms with E-state index in [-0.39, 0.29) is 16.8 Å². The quantitative estimate of drug-likeness (QED) is 0.209. The number of nitrogens with one attached hydrogen (secondary N) is 4. The Bertz CT molecular complexity index is 1530. The van der Waals surface area contributed by atoms with Crippen LogP contribution in [-0.4, -0.2) is 26.4 Å². The average molecular weight is 557 g/mol. The predicted molar refractivity (Wildman–Crippen MR) is 158 cm³/mol. The Balaban J connectivity index is 1.40. The minimum absolute atomic E-state index is 0.156. The number of hydrogen-bond acceptors (Lipinski definition) is 4. The summed E-state index contributed by atoms with van der Waals surface area (Å²) in [4.78, 5) is 26.3. The lowest BCUT2D eigenvalue weighted by molar-refractivity contribution is -0.123. The first kappa shape index (κ1) is 28.4. The summed E-state index contributed by atoms with van der Waals surface area (Å²) in [6.45, 7) is 3.77. The summed E-state index contributed by atoms with van der Waals surface area (Å²) in [7, 11) is -3.75. The molecule has 40 heavy (non-hydrogen) atoms. The van der Waals surface area contributed by atoms with Crippen LogP contribution in [0.5, 0.6) is 0 Å². The van der Waals surface area contributed by atoms with Crippen molar-refractivity contribution in [2.45, 2.75) is 37.2 Å². The van der Waals surface area contributed by atoms with Crippen LogP contribution in [-0.2, 0) is 21.2 Å². The minimum atomic E-state index is -3.75. The highest BCUT2D eigenvalue weighted by Crippen LogP contribution is 2.19. The van der Waals surface area contributed by atoms with E-state index in [0.29, 0.717) is 17.8 Å². The van der Waals surface area contributed by atoms with Gasteiger partial charge in [0.05, 0.1) is 10.9 Å². The fourth-order valence-electron chi connectivity index (χ4n) is 4.08. The van der Waals surface area contributed by atoms with Crippen LogP contribution in [0.3, 0.4) is 0 Å². The molecule has 0 aliphatic heterocycles. The Kier molecular flexibility index (Phi) is 9.19. The van der Waals surface area contributed by atoms with E-state index in [0.717, 1.165) is 16.7 Å². The third kappa shape index (κ3) is 7.94. The van der Waals surface area contributed by atoms with Crippen LogP contribution in [0.2, 0.25) is 0 Å². The Labute approximate surface area is 234 Å². The highest BCUT2D eigenvalue weighted by atomic mass is 32.2. The number of urea groups is 1. The largest absolute Gasteiger partial charge is 0.348 e. The van der Waals surface area contributed by atoms with Crippen molar-refractivity contribution in [1.29, 1.82) is 0 Å². The molecule has 0 saturated heterocycles. The van der Waals surface area contributed by atoms with Crippen molar-refractivity contribution in [1.82, 2.24) is 10.6 Å². The van der Waals surface area contributed by atoms with Crippen LogP contribution in [0.1, 0.15) is 29.7 Å². The molecule has 0 heterocycles. The van der Waals surface area contributed by atoms with Gasteiger partial charge in [-0.25, -0.2) is 13.2 Å². The number of carbonyl (C=O) groups excluding carboxylic acids is 2. The third-order valence-corrected chi connectivity index (χ3v) is 7.69. The van der Waals surface area contributed by atoms with Gasteiger partial charge < -0.3 is 16.0 Å². The Morgan fingerprint density at radius 1 is 0.725 bits per heavy atom. The molecule has 0 unspecified atom stereocenters. The van der Waals surface area contributed by atoms with Gasteiger partial charge in [0.2, 0.25) is 5.91 Å². The average Bonchev–Trinajstić information content (AvgIpc) is 2.95. The molecule has 206 valence electrons. The van der Waals surface area contributed by atoms with Crippen LogP contribution in [0, 0.1) is 6.92 Å². The maximum absolute atomic E-state index is 13.2. The first-order valence-electron chi connectivity index (χ1n) is 12.9. The molecule has 0 aromatic heterocycles. The summed E-state index contributed by atoms with van der Waals surface area (Å²) in [6.07, 6.45) is 0.307. The molecule has 0 aliphatic carbocycles. The van der Waals surface area contributed by atoms with Crippen LogP contribution in [0.25, 0.3) is 0 Å².